The van der Waals surface area contributed by atoms with Crippen LogP contribution in [-0.4, -0.2) is 25.4 Å². The summed E-state index contributed by atoms with van der Waals surface area (Å²) in [5, 5.41) is 5.92. The molecule has 0 radical (unpaired) electrons. The first-order valence-electron chi connectivity index (χ1n) is 9.08. The van der Waals surface area contributed by atoms with Crippen molar-refractivity contribution in [1.82, 2.24) is 15.0 Å². The van der Waals surface area contributed by atoms with E-state index in [-0.39, 0.29) is 16.8 Å². The molecule has 2 N–H and O–H groups in total. The van der Waals surface area contributed by atoms with E-state index in [1.54, 1.807) is 49.5 Å². The quantitative estimate of drug-likeness (QED) is 0.568. The van der Waals surface area contributed by atoms with Crippen LogP contribution < -0.4 is 10.0 Å². The highest BCUT2D eigenvalue weighted by Gasteiger charge is 2.19. The number of amides is 1. The van der Waals surface area contributed by atoms with Crippen molar-refractivity contribution < 1.29 is 13.2 Å². The Morgan fingerprint density at radius 2 is 1.93 bits per heavy atom. The lowest BCUT2D eigenvalue weighted by Crippen LogP contribution is -2.30. The normalized spacial score (nSPS) is 11.8. The van der Waals surface area contributed by atoms with Gasteiger partial charge in [0.1, 0.15) is 0 Å². The minimum atomic E-state index is -3.66. The van der Waals surface area contributed by atoms with Crippen LogP contribution in [0.4, 0.5) is 0 Å². The number of thiazole rings is 1. The standard InChI is InChI=1S/C20H23N3O3S3/c1-12(2)23-29(25,26)16-7-5-13(3)17(9-16)20(24)21-10-15-6-8-19(28-15)18-11-27-14(4)22-18/h5-9,11-12,23H,10H2,1-4H3,(H,21,24). The molecule has 0 aliphatic rings. The number of carbonyl (C=O) groups is 1. The molecule has 29 heavy (non-hydrogen) atoms. The van der Waals surface area contributed by atoms with Crippen LogP contribution in [0.15, 0.2) is 40.6 Å². The highest BCUT2D eigenvalue weighted by atomic mass is 32.2. The van der Waals surface area contributed by atoms with Crippen molar-refractivity contribution in [2.45, 2.75) is 45.2 Å². The highest BCUT2D eigenvalue weighted by Crippen LogP contribution is 2.29. The molecule has 9 heteroatoms. The van der Waals surface area contributed by atoms with Gasteiger partial charge in [0.25, 0.3) is 5.91 Å². The van der Waals surface area contributed by atoms with Crippen LogP contribution in [0, 0.1) is 13.8 Å². The lowest BCUT2D eigenvalue weighted by atomic mass is 10.1. The van der Waals surface area contributed by atoms with E-state index in [1.807, 2.05) is 24.4 Å². The zero-order valence-electron chi connectivity index (χ0n) is 16.6. The van der Waals surface area contributed by atoms with Crippen molar-refractivity contribution in [3.63, 3.8) is 0 Å². The second-order valence-corrected chi connectivity index (χ2v) is 10.9. The van der Waals surface area contributed by atoms with E-state index in [0.717, 1.165) is 26.0 Å². The van der Waals surface area contributed by atoms with Crippen LogP contribution in [0.2, 0.25) is 0 Å². The maximum Gasteiger partial charge on any atom is 0.251 e. The van der Waals surface area contributed by atoms with Crippen LogP contribution in [0.3, 0.4) is 0 Å². The average molecular weight is 450 g/mol. The van der Waals surface area contributed by atoms with Gasteiger partial charge >= 0.3 is 0 Å². The molecule has 3 rings (SSSR count). The molecule has 0 unspecified atom stereocenters. The van der Waals surface area contributed by atoms with Crippen molar-refractivity contribution >= 4 is 38.6 Å². The average Bonchev–Trinajstić information content (AvgIpc) is 3.27. The molecular weight excluding hydrogens is 426 g/mol. The van der Waals surface area contributed by atoms with Gasteiger partial charge in [0, 0.05) is 21.9 Å². The molecule has 2 aromatic heterocycles. The third-order valence-corrected chi connectivity index (χ3v) is 7.65. The van der Waals surface area contributed by atoms with Gasteiger partial charge in [-0.15, -0.1) is 22.7 Å². The van der Waals surface area contributed by atoms with Gasteiger partial charge in [-0.3, -0.25) is 4.79 Å². The zero-order valence-corrected chi connectivity index (χ0v) is 19.1. The van der Waals surface area contributed by atoms with Crippen LogP contribution in [-0.2, 0) is 16.6 Å². The Morgan fingerprint density at radius 3 is 2.59 bits per heavy atom. The number of aromatic nitrogens is 1. The smallest absolute Gasteiger partial charge is 0.251 e. The highest BCUT2D eigenvalue weighted by molar-refractivity contribution is 7.89. The van der Waals surface area contributed by atoms with Gasteiger partial charge in [-0.2, -0.15) is 0 Å². The van der Waals surface area contributed by atoms with Gasteiger partial charge in [-0.1, -0.05) is 6.07 Å². The fraction of sp³-hybridized carbons (Fsp3) is 0.300. The van der Waals surface area contributed by atoms with E-state index in [2.05, 4.69) is 15.0 Å². The maximum absolute atomic E-state index is 12.7. The van der Waals surface area contributed by atoms with Crippen molar-refractivity contribution in [2.24, 2.45) is 0 Å². The van der Waals surface area contributed by atoms with E-state index in [4.69, 9.17) is 0 Å². The van der Waals surface area contributed by atoms with E-state index < -0.39 is 10.0 Å². The number of thiophene rings is 1. The molecule has 0 aliphatic heterocycles. The van der Waals surface area contributed by atoms with Gasteiger partial charge in [0.05, 0.1) is 27.0 Å². The summed E-state index contributed by atoms with van der Waals surface area (Å²) < 4.78 is 27.3. The van der Waals surface area contributed by atoms with E-state index in [9.17, 15) is 13.2 Å². The minimum absolute atomic E-state index is 0.0826. The fourth-order valence-corrected chi connectivity index (χ4v) is 5.61. The first kappa shape index (κ1) is 21.6. The number of rotatable bonds is 7. The first-order valence-corrected chi connectivity index (χ1v) is 12.3. The topological polar surface area (TPSA) is 88.2 Å². The van der Waals surface area contributed by atoms with Crippen molar-refractivity contribution in [2.75, 3.05) is 0 Å². The second kappa shape index (κ2) is 8.74. The van der Waals surface area contributed by atoms with Gasteiger partial charge in [-0.05, 0) is 57.5 Å². The molecule has 0 bridgehead atoms. The number of aryl methyl sites for hydroxylation is 2. The Morgan fingerprint density at radius 1 is 1.17 bits per heavy atom. The third-order valence-electron chi connectivity index (χ3n) is 4.11. The summed E-state index contributed by atoms with van der Waals surface area (Å²) in [5.74, 6) is -0.302. The Kier molecular flexibility index (Phi) is 6.52. The lowest BCUT2D eigenvalue weighted by Gasteiger charge is -2.12. The minimum Gasteiger partial charge on any atom is -0.347 e. The molecule has 0 saturated carbocycles. The second-order valence-electron chi connectivity index (χ2n) is 6.95. The molecule has 0 spiro atoms. The van der Waals surface area contributed by atoms with Crippen LogP contribution in [0.1, 0.15) is 39.7 Å². The van der Waals surface area contributed by atoms with Gasteiger partial charge < -0.3 is 5.32 Å². The summed E-state index contributed by atoms with van der Waals surface area (Å²) in [6.45, 7) is 7.63. The van der Waals surface area contributed by atoms with Gasteiger partial charge in [0.15, 0.2) is 0 Å². The molecule has 0 atom stereocenters. The number of carbonyl (C=O) groups excluding carboxylic acids is 1. The Hall–Kier alpha value is -2.07. The molecule has 1 aromatic carbocycles. The SMILES string of the molecule is Cc1nc(-c2ccc(CNC(=O)c3cc(S(=O)(=O)NC(C)C)ccc3C)s2)cs1. The van der Waals surface area contributed by atoms with Crippen molar-refractivity contribution in [3.05, 3.63) is 56.7 Å². The molecule has 154 valence electrons. The van der Waals surface area contributed by atoms with Crippen molar-refractivity contribution in [1.29, 1.82) is 0 Å². The molecule has 0 fully saturated rings. The molecule has 0 aliphatic carbocycles. The predicted octanol–water partition coefficient (Wildman–Crippen LogP) is 4.11. The zero-order chi connectivity index (χ0) is 21.2. The van der Waals surface area contributed by atoms with Crippen molar-refractivity contribution in [3.8, 4) is 10.6 Å². The number of benzene rings is 1. The van der Waals surface area contributed by atoms with Gasteiger partial charge in [-0.25, -0.2) is 18.1 Å². The first-order chi connectivity index (χ1) is 13.7. The molecule has 3 aromatic rings. The Labute approximate surface area is 179 Å². The number of sulfonamides is 1. The number of hydrogen-bond acceptors (Lipinski definition) is 6. The molecule has 2 heterocycles. The van der Waals surface area contributed by atoms with E-state index >= 15 is 0 Å². The monoisotopic (exact) mass is 449 g/mol. The summed E-state index contributed by atoms with van der Waals surface area (Å²) in [7, 11) is -3.66. The summed E-state index contributed by atoms with van der Waals surface area (Å²) in [5.41, 5.74) is 2.01. The van der Waals surface area contributed by atoms with Gasteiger partial charge in [0.2, 0.25) is 10.0 Å². The number of nitrogens with zero attached hydrogens (tertiary/aromatic N) is 1. The molecule has 6 nitrogen and oxygen atoms in total. The third kappa shape index (κ3) is 5.30. The number of nitrogens with one attached hydrogen (secondary N) is 2. The lowest BCUT2D eigenvalue weighted by molar-refractivity contribution is 0.0950. The van der Waals surface area contributed by atoms with Crippen LogP contribution in [0.25, 0.3) is 10.6 Å². The summed E-state index contributed by atoms with van der Waals surface area (Å²) in [6.07, 6.45) is 0. The van der Waals surface area contributed by atoms with Crippen LogP contribution >= 0.6 is 22.7 Å². The molecular formula is C20H23N3O3S3. The number of hydrogen-bond donors (Lipinski definition) is 2. The van der Waals surface area contributed by atoms with Crippen LogP contribution in [0.5, 0.6) is 0 Å². The molecule has 1 amide bonds. The Balaban J connectivity index is 1.73. The van der Waals surface area contributed by atoms with E-state index in [0.29, 0.717) is 12.1 Å². The summed E-state index contributed by atoms with van der Waals surface area (Å²) >= 11 is 3.18. The maximum atomic E-state index is 12.7. The fourth-order valence-electron chi connectivity index (χ4n) is 2.74. The summed E-state index contributed by atoms with van der Waals surface area (Å²) in [6, 6.07) is 8.32. The predicted molar refractivity (Wildman–Crippen MR) is 118 cm³/mol. The largest absolute Gasteiger partial charge is 0.347 e. The Bertz CT molecular complexity index is 1130. The molecule has 0 saturated heterocycles. The van der Waals surface area contributed by atoms with E-state index in [1.165, 1.54) is 12.1 Å². The summed E-state index contributed by atoms with van der Waals surface area (Å²) in [4.78, 5) is 19.3.